The summed E-state index contributed by atoms with van der Waals surface area (Å²) in [5.41, 5.74) is 4.38. The number of fused-ring (bicyclic) bond motifs is 3. The molecule has 0 N–H and O–H groups in total. The van der Waals surface area contributed by atoms with Gasteiger partial charge in [0, 0.05) is 79.2 Å². The van der Waals surface area contributed by atoms with Crippen molar-refractivity contribution in [3.63, 3.8) is 0 Å². The van der Waals surface area contributed by atoms with Gasteiger partial charge in [0.15, 0.2) is 0 Å². The number of benzene rings is 5. The molecule has 5 aromatic carbocycles. The molecule has 0 spiro atoms. The quantitative estimate of drug-likeness (QED) is 0.163. The fraction of sp³-hybridized carbons (Fsp3) is 0.0323. The van der Waals surface area contributed by atoms with Crippen LogP contribution in [0.1, 0.15) is 22.6 Å². The summed E-state index contributed by atoms with van der Waals surface area (Å²) in [7, 11) is 0. The Bertz CT molecular complexity index is 1780. The molecule has 0 unspecified atom stereocenters. The Balaban J connectivity index is 1.65. The number of hydrogen-bond donors (Lipinski definition) is 0. The van der Waals surface area contributed by atoms with Gasteiger partial charge in [-0.25, -0.2) is 0 Å². The highest BCUT2D eigenvalue weighted by Gasteiger charge is 2.31. The van der Waals surface area contributed by atoms with E-state index in [1.807, 2.05) is 36.4 Å². The summed E-state index contributed by atoms with van der Waals surface area (Å²) in [6.07, 6.45) is 0. The summed E-state index contributed by atoms with van der Waals surface area (Å²) in [5.74, 6) is -0.735. The molecule has 0 aliphatic heterocycles. The van der Waals surface area contributed by atoms with Crippen LogP contribution in [-0.4, -0.2) is 4.57 Å². The normalized spacial score (nSPS) is 11.7. The molecule has 40 heavy (non-hydrogen) atoms. The molecule has 0 aliphatic rings. The third kappa shape index (κ3) is 4.85. The van der Waals surface area contributed by atoms with Crippen molar-refractivity contribution < 1.29 is 0 Å². The number of para-hydroxylation sites is 2. The van der Waals surface area contributed by atoms with Crippen LogP contribution in [-0.2, 0) is 0 Å². The molecule has 6 aromatic rings. The van der Waals surface area contributed by atoms with Gasteiger partial charge in [0.1, 0.15) is 0 Å². The molecular formula is C31H15Cl8N. The third-order valence-electron chi connectivity index (χ3n) is 6.86. The summed E-state index contributed by atoms with van der Waals surface area (Å²) >= 11 is 53.7. The molecule has 0 fully saturated rings. The van der Waals surface area contributed by atoms with Crippen LogP contribution in [0.25, 0.3) is 27.5 Å². The molecular weight excluding hydrogens is 670 g/mol. The minimum absolute atomic E-state index is 0.309. The second kappa shape index (κ2) is 11.1. The zero-order valence-electron chi connectivity index (χ0n) is 20.1. The van der Waals surface area contributed by atoms with Crippen molar-refractivity contribution in [2.45, 2.75) is 5.92 Å². The molecule has 0 saturated carbocycles. The van der Waals surface area contributed by atoms with E-state index in [0.717, 1.165) is 27.5 Å². The lowest BCUT2D eigenvalue weighted by Gasteiger charge is -2.26. The second-order valence-corrected chi connectivity index (χ2v) is 12.5. The monoisotopic (exact) mass is 681 g/mol. The fourth-order valence-electron chi connectivity index (χ4n) is 5.27. The Labute approximate surface area is 270 Å². The van der Waals surface area contributed by atoms with Gasteiger partial charge in [0.05, 0.1) is 11.0 Å². The van der Waals surface area contributed by atoms with Crippen LogP contribution in [0.2, 0.25) is 40.2 Å². The molecule has 6 rings (SSSR count). The summed E-state index contributed by atoms with van der Waals surface area (Å²) in [4.78, 5) is 0. The third-order valence-corrected chi connectivity index (χ3v) is 9.17. The van der Waals surface area contributed by atoms with Gasteiger partial charge in [0.2, 0.25) is 0 Å². The van der Waals surface area contributed by atoms with E-state index in [1.165, 1.54) is 0 Å². The van der Waals surface area contributed by atoms with Gasteiger partial charge in [-0.3, -0.25) is 0 Å². The smallest absolute Gasteiger partial charge is 0.0541 e. The van der Waals surface area contributed by atoms with Crippen molar-refractivity contribution in [3.8, 4) is 5.69 Å². The Morgan fingerprint density at radius 2 is 0.750 bits per heavy atom. The van der Waals surface area contributed by atoms with Crippen molar-refractivity contribution in [2.75, 3.05) is 0 Å². The van der Waals surface area contributed by atoms with Crippen molar-refractivity contribution in [3.05, 3.63) is 142 Å². The highest BCUT2D eigenvalue weighted by atomic mass is 35.5. The van der Waals surface area contributed by atoms with Gasteiger partial charge < -0.3 is 4.57 Å². The minimum Gasteiger partial charge on any atom is -0.309 e. The molecule has 0 amide bonds. The first-order valence-electron chi connectivity index (χ1n) is 11.9. The van der Waals surface area contributed by atoms with Crippen molar-refractivity contribution in [2.24, 2.45) is 0 Å². The van der Waals surface area contributed by atoms with Crippen LogP contribution in [0.4, 0.5) is 0 Å². The molecule has 0 aliphatic carbocycles. The summed E-state index contributed by atoms with van der Waals surface area (Å²) in [6.45, 7) is 0. The van der Waals surface area contributed by atoms with Gasteiger partial charge in [-0.2, -0.15) is 0 Å². The molecule has 200 valence electrons. The average molecular weight is 685 g/mol. The van der Waals surface area contributed by atoms with E-state index in [2.05, 4.69) is 28.8 Å². The molecule has 0 bridgehead atoms. The van der Waals surface area contributed by atoms with Gasteiger partial charge in [0.25, 0.3) is 0 Å². The van der Waals surface area contributed by atoms with Gasteiger partial charge in [-0.05, 0) is 48.5 Å². The first kappa shape index (κ1) is 28.3. The van der Waals surface area contributed by atoms with Crippen LogP contribution in [0.3, 0.4) is 0 Å². The maximum absolute atomic E-state index is 7.10. The van der Waals surface area contributed by atoms with E-state index < -0.39 is 5.92 Å². The molecule has 0 saturated heterocycles. The lowest BCUT2D eigenvalue weighted by atomic mass is 9.84. The maximum Gasteiger partial charge on any atom is 0.0541 e. The van der Waals surface area contributed by atoms with E-state index in [1.54, 1.807) is 24.3 Å². The summed E-state index contributed by atoms with van der Waals surface area (Å²) in [5, 5.41) is 4.97. The van der Waals surface area contributed by atoms with Crippen molar-refractivity contribution in [1.82, 2.24) is 4.57 Å². The number of halogens is 8. The molecule has 1 aromatic heterocycles. The highest BCUT2D eigenvalue weighted by Crippen LogP contribution is 2.50. The number of rotatable bonds is 4. The van der Waals surface area contributed by atoms with Crippen LogP contribution in [0, 0.1) is 0 Å². The van der Waals surface area contributed by atoms with Gasteiger partial charge in [-0.1, -0.05) is 129 Å². The van der Waals surface area contributed by atoms with E-state index in [9.17, 15) is 0 Å². The Morgan fingerprint density at radius 1 is 0.425 bits per heavy atom. The predicted octanol–water partition coefficient (Wildman–Crippen LogP) is 13.2. The minimum atomic E-state index is -0.735. The largest absolute Gasteiger partial charge is 0.309 e. The zero-order valence-corrected chi connectivity index (χ0v) is 26.2. The zero-order chi connectivity index (χ0) is 28.3. The number of nitrogens with zero attached hydrogens (tertiary/aromatic N) is 1. The van der Waals surface area contributed by atoms with E-state index >= 15 is 0 Å². The fourth-order valence-corrected chi connectivity index (χ4v) is 8.03. The lowest BCUT2D eigenvalue weighted by Crippen LogP contribution is -2.09. The van der Waals surface area contributed by atoms with E-state index in [0.29, 0.717) is 56.9 Å². The van der Waals surface area contributed by atoms with E-state index in [-0.39, 0.29) is 0 Å². The topological polar surface area (TPSA) is 4.93 Å². The molecule has 9 heteroatoms. The lowest BCUT2D eigenvalue weighted by molar-refractivity contribution is 0.976. The highest BCUT2D eigenvalue weighted by molar-refractivity contribution is 6.42. The van der Waals surface area contributed by atoms with Crippen LogP contribution in [0.5, 0.6) is 0 Å². The molecule has 0 atom stereocenters. The second-order valence-electron chi connectivity index (χ2n) is 9.19. The number of aromatic nitrogens is 1. The first-order chi connectivity index (χ1) is 19.2. The van der Waals surface area contributed by atoms with E-state index in [4.69, 9.17) is 92.8 Å². The molecule has 1 heterocycles. The maximum atomic E-state index is 7.10. The Kier molecular flexibility index (Phi) is 7.89. The standard InChI is InChI=1S/C31H15Cl8N/c32-15-9-20(34)28(21(35)10-15)31(29-22(36)11-16(33)12-23(29)37)30-24(38)13-17(14-25(30)39)40-26-7-3-1-5-18(26)19-6-2-4-8-27(19)40/h1-14,31H. The van der Waals surface area contributed by atoms with Crippen molar-refractivity contribution in [1.29, 1.82) is 0 Å². The number of hydrogen-bond acceptors (Lipinski definition) is 0. The molecule has 1 nitrogen and oxygen atoms in total. The first-order valence-corrected chi connectivity index (χ1v) is 14.9. The van der Waals surface area contributed by atoms with Crippen LogP contribution in [0.15, 0.2) is 84.9 Å². The summed E-state index contributed by atoms with van der Waals surface area (Å²) < 4.78 is 2.13. The van der Waals surface area contributed by atoms with Crippen LogP contribution >= 0.6 is 92.8 Å². The van der Waals surface area contributed by atoms with Crippen LogP contribution < -0.4 is 0 Å². The predicted molar refractivity (Wildman–Crippen MR) is 175 cm³/mol. The van der Waals surface area contributed by atoms with Gasteiger partial charge >= 0.3 is 0 Å². The average Bonchev–Trinajstić information content (AvgIpc) is 3.21. The SMILES string of the molecule is Clc1cc(Cl)c(C(c2c(Cl)cc(Cl)cc2Cl)c2c(Cl)cc(-n3c4ccccc4c4ccccc43)cc2Cl)c(Cl)c1. The van der Waals surface area contributed by atoms with Crippen molar-refractivity contribution >= 4 is 115 Å². The summed E-state index contributed by atoms with van der Waals surface area (Å²) in [6, 6.07) is 26.5. The molecule has 0 radical (unpaired) electrons. The Morgan fingerprint density at radius 3 is 1.12 bits per heavy atom. The van der Waals surface area contributed by atoms with Gasteiger partial charge in [-0.15, -0.1) is 0 Å². The Hall–Kier alpha value is -1.78.